The maximum atomic E-state index is 13.8. The fraction of sp³-hybridized carbons (Fsp3) is 0.477. The molecule has 58 heavy (non-hydrogen) atoms. The number of likely N-dealkylation sites (tertiary alicyclic amines) is 2. The second-order valence-corrected chi connectivity index (χ2v) is 17.2. The van der Waals surface area contributed by atoms with Crippen LogP contribution in [0, 0.1) is 11.8 Å². The number of amides is 3. The predicted molar refractivity (Wildman–Crippen MR) is 219 cm³/mol. The van der Waals surface area contributed by atoms with E-state index in [0.717, 1.165) is 80.6 Å². The molecule has 0 saturated carbocycles. The minimum atomic E-state index is -0.711. The first kappa shape index (κ1) is 39.2. The number of aromatic amines is 2. The van der Waals surface area contributed by atoms with Gasteiger partial charge in [0.1, 0.15) is 35.6 Å². The molecule has 5 aromatic rings. The van der Waals surface area contributed by atoms with Crippen molar-refractivity contribution in [2.24, 2.45) is 11.8 Å². The van der Waals surface area contributed by atoms with E-state index in [-0.39, 0.29) is 42.0 Å². The number of H-pyrrole nitrogens is 2. The maximum absolute atomic E-state index is 13.8. The molecule has 3 aliphatic rings. The van der Waals surface area contributed by atoms with E-state index >= 15 is 0 Å². The van der Waals surface area contributed by atoms with Crippen LogP contribution in [0.2, 0.25) is 0 Å². The quantitative estimate of drug-likeness (QED) is 0.141. The van der Waals surface area contributed by atoms with Crippen LogP contribution in [0.3, 0.4) is 0 Å². The molecule has 0 aliphatic carbocycles. The van der Waals surface area contributed by atoms with E-state index in [9.17, 15) is 14.4 Å². The van der Waals surface area contributed by atoms with E-state index < -0.39 is 17.7 Å². The summed E-state index contributed by atoms with van der Waals surface area (Å²) in [5.41, 5.74) is 6.07. The normalized spacial score (nSPS) is 20.9. The van der Waals surface area contributed by atoms with E-state index in [4.69, 9.17) is 28.9 Å². The number of fused-ring (bicyclic) bond motifs is 6. The molecule has 5 heterocycles. The number of aromatic nitrogens is 4. The first-order valence-electron chi connectivity index (χ1n) is 20.2. The third kappa shape index (κ3) is 7.34. The summed E-state index contributed by atoms with van der Waals surface area (Å²) in [6.07, 6.45) is 3.15. The third-order valence-corrected chi connectivity index (χ3v) is 11.6. The number of hydrogen-bond donors (Lipinski definition) is 3. The fourth-order valence-corrected chi connectivity index (χ4v) is 8.84. The SMILES string of the molecule is COCC1C[C@@H](c2nc3ccc4cc5c(cc4c3[nH]2)OCc2cc(-c3cnc([C@@H]4CC[C@H](C)N4C(=O)[C@@H](NC(=O)OC)C(C)C)[nH]3)ccc2-5)N(C(=O)OC(C)(C)C)C1. The van der Waals surface area contributed by atoms with Gasteiger partial charge in [0.25, 0.3) is 0 Å². The minimum Gasteiger partial charge on any atom is -0.488 e. The highest BCUT2D eigenvalue weighted by Gasteiger charge is 2.42. The number of methoxy groups -OCH3 is 2. The molecule has 2 aromatic heterocycles. The monoisotopic (exact) mass is 791 g/mol. The number of nitrogens with zero attached hydrogens (tertiary/aromatic N) is 4. The number of benzene rings is 3. The topological polar surface area (TPSA) is 164 Å². The summed E-state index contributed by atoms with van der Waals surface area (Å²) in [6.45, 7) is 13.0. The van der Waals surface area contributed by atoms with Crippen LogP contribution in [0.1, 0.15) is 90.1 Å². The Morgan fingerprint density at radius 3 is 2.55 bits per heavy atom. The highest BCUT2D eigenvalue weighted by molar-refractivity contribution is 6.07. The van der Waals surface area contributed by atoms with Gasteiger partial charge in [0.2, 0.25) is 5.91 Å². The number of carbonyl (C=O) groups is 3. The largest absolute Gasteiger partial charge is 0.488 e. The lowest BCUT2D eigenvalue weighted by Gasteiger charge is -2.32. The molecule has 0 bridgehead atoms. The number of carbonyl (C=O) groups excluding carboxylic acids is 3. The second kappa shape index (κ2) is 15.3. The van der Waals surface area contributed by atoms with Crippen molar-refractivity contribution in [3.05, 3.63) is 65.9 Å². The molecule has 2 fully saturated rings. The summed E-state index contributed by atoms with van der Waals surface area (Å²) in [5, 5.41) is 4.76. The first-order chi connectivity index (χ1) is 27.7. The lowest BCUT2D eigenvalue weighted by Crippen LogP contribution is -2.52. The van der Waals surface area contributed by atoms with Crippen LogP contribution < -0.4 is 10.1 Å². The predicted octanol–water partition coefficient (Wildman–Crippen LogP) is 8.04. The van der Waals surface area contributed by atoms with Gasteiger partial charge >= 0.3 is 12.2 Å². The Kier molecular flexibility index (Phi) is 10.3. The molecule has 3 N–H and O–H groups in total. The summed E-state index contributed by atoms with van der Waals surface area (Å²) >= 11 is 0. The van der Waals surface area contributed by atoms with Crippen LogP contribution in [0.4, 0.5) is 9.59 Å². The van der Waals surface area contributed by atoms with E-state index in [0.29, 0.717) is 25.6 Å². The van der Waals surface area contributed by atoms with Crippen molar-refractivity contribution in [3.63, 3.8) is 0 Å². The van der Waals surface area contributed by atoms with Crippen LogP contribution in [-0.4, -0.2) is 92.9 Å². The van der Waals surface area contributed by atoms with Gasteiger partial charge in [0.05, 0.1) is 48.7 Å². The Morgan fingerprint density at radius 1 is 1.00 bits per heavy atom. The first-order valence-corrected chi connectivity index (χ1v) is 20.2. The standard InChI is InChI=1S/C44H53N7O7/c1-23(2)37(49-42(53)56-8)41(52)51-24(3)9-14-34(51)39-45-19-33(47-39)27-10-12-29-28(16-27)22-57-36-18-30-26(17-31(29)36)11-13-32-38(30)48-40(46-32)35-15-25(21-55-7)20-50(35)43(54)58-44(4,5)6/h10-13,16-19,23-25,34-35,37H,9,14-15,20-22H2,1-8H3,(H,45,47)(H,46,48)(H,49,53)/t24-,25?,34-,35-,37-/m0/s1. The van der Waals surface area contributed by atoms with Crippen molar-refractivity contribution in [2.75, 3.05) is 27.4 Å². The molecule has 0 spiro atoms. The number of ether oxygens (including phenoxy) is 4. The molecule has 5 atom stereocenters. The molecule has 2 saturated heterocycles. The summed E-state index contributed by atoms with van der Waals surface area (Å²) in [7, 11) is 2.98. The summed E-state index contributed by atoms with van der Waals surface area (Å²) < 4.78 is 22.5. The minimum absolute atomic E-state index is 0.00845. The van der Waals surface area contributed by atoms with E-state index in [1.165, 1.54) is 7.11 Å². The molecule has 8 rings (SSSR count). The summed E-state index contributed by atoms with van der Waals surface area (Å²) in [4.78, 5) is 59.7. The smallest absolute Gasteiger partial charge is 0.410 e. The zero-order valence-electron chi connectivity index (χ0n) is 34.5. The molecule has 306 valence electrons. The Morgan fingerprint density at radius 2 is 1.81 bits per heavy atom. The molecular formula is C44H53N7O7. The number of hydrogen-bond acceptors (Lipinski definition) is 9. The van der Waals surface area contributed by atoms with Crippen LogP contribution >= 0.6 is 0 Å². The maximum Gasteiger partial charge on any atom is 0.410 e. The molecular weight excluding hydrogens is 739 g/mol. The van der Waals surface area contributed by atoms with E-state index in [1.54, 1.807) is 12.0 Å². The van der Waals surface area contributed by atoms with Crippen molar-refractivity contribution in [1.82, 2.24) is 35.1 Å². The summed E-state index contributed by atoms with van der Waals surface area (Å²) in [6, 6.07) is 13.5. The zero-order chi connectivity index (χ0) is 41.0. The van der Waals surface area contributed by atoms with Gasteiger partial charge in [-0.15, -0.1) is 0 Å². The lowest BCUT2D eigenvalue weighted by atomic mass is 9.92. The van der Waals surface area contributed by atoms with Gasteiger partial charge < -0.3 is 39.1 Å². The third-order valence-electron chi connectivity index (χ3n) is 11.6. The van der Waals surface area contributed by atoms with Gasteiger partial charge in [-0.05, 0) is 99.2 Å². The van der Waals surface area contributed by atoms with Crippen molar-refractivity contribution in [2.45, 2.75) is 97.2 Å². The van der Waals surface area contributed by atoms with Gasteiger partial charge in [-0.1, -0.05) is 32.0 Å². The lowest BCUT2D eigenvalue weighted by molar-refractivity contribution is -0.137. The van der Waals surface area contributed by atoms with Crippen molar-refractivity contribution in [3.8, 4) is 28.1 Å². The van der Waals surface area contributed by atoms with E-state index in [1.807, 2.05) is 58.7 Å². The molecule has 1 unspecified atom stereocenters. The Labute approximate surface area is 338 Å². The van der Waals surface area contributed by atoms with Gasteiger partial charge in [0, 0.05) is 36.6 Å². The van der Waals surface area contributed by atoms with Gasteiger partial charge in [-0.2, -0.15) is 0 Å². The fourth-order valence-electron chi connectivity index (χ4n) is 8.84. The van der Waals surface area contributed by atoms with Crippen molar-refractivity contribution >= 4 is 39.9 Å². The Hall–Kier alpha value is -5.63. The Balaban J connectivity index is 1.05. The number of imidazole rings is 2. The average Bonchev–Trinajstić information content (AvgIpc) is 4.00. The average molecular weight is 792 g/mol. The molecule has 3 aromatic carbocycles. The highest BCUT2D eigenvalue weighted by Crippen LogP contribution is 2.44. The number of nitrogens with one attached hydrogen (secondary N) is 3. The van der Waals surface area contributed by atoms with Crippen LogP contribution in [0.5, 0.6) is 5.75 Å². The second-order valence-electron chi connectivity index (χ2n) is 17.2. The van der Waals surface area contributed by atoms with Crippen LogP contribution in [0.15, 0.2) is 48.7 Å². The highest BCUT2D eigenvalue weighted by atomic mass is 16.6. The molecule has 14 nitrogen and oxygen atoms in total. The molecule has 3 amide bonds. The Bertz CT molecular complexity index is 2380. The van der Waals surface area contributed by atoms with Crippen molar-refractivity contribution < 1.29 is 33.3 Å². The van der Waals surface area contributed by atoms with Crippen molar-refractivity contribution in [1.29, 1.82) is 0 Å². The molecule has 14 heteroatoms. The summed E-state index contributed by atoms with van der Waals surface area (Å²) in [5.74, 6) is 2.13. The van der Waals surface area contributed by atoms with E-state index in [2.05, 4.69) is 51.7 Å². The molecule has 0 radical (unpaired) electrons. The van der Waals surface area contributed by atoms with Gasteiger partial charge in [0.15, 0.2) is 0 Å². The van der Waals surface area contributed by atoms with Crippen LogP contribution in [-0.2, 0) is 25.6 Å². The molecule has 3 aliphatic heterocycles. The number of rotatable bonds is 8. The van der Waals surface area contributed by atoms with Crippen LogP contribution in [0.25, 0.3) is 44.2 Å². The number of alkyl carbamates (subject to hydrolysis) is 1. The van der Waals surface area contributed by atoms with Gasteiger partial charge in [-0.3, -0.25) is 9.69 Å². The van der Waals surface area contributed by atoms with Gasteiger partial charge in [-0.25, -0.2) is 19.6 Å². The zero-order valence-corrected chi connectivity index (χ0v) is 34.5.